The molecule has 0 amide bonds. The number of thiocarbonyl (C=S) groups is 1. The van der Waals surface area contributed by atoms with E-state index in [4.69, 9.17) is 23.8 Å². The first-order valence-corrected chi connectivity index (χ1v) is 7.27. The SMILES string of the molecule is Cc1ccc(NC(=S)N2CCCCCC2)cc1Cl. The van der Waals surface area contributed by atoms with Gasteiger partial charge in [-0.15, -0.1) is 0 Å². The van der Waals surface area contributed by atoms with Gasteiger partial charge < -0.3 is 10.2 Å². The minimum absolute atomic E-state index is 0.777. The Balaban J connectivity index is 1.99. The summed E-state index contributed by atoms with van der Waals surface area (Å²) >= 11 is 11.6. The molecule has 1 aliphatic heterocycles. The highest BCUT2D eigenvalue weighted by atomic mass is 35.5. The molecule has 98 valence electrons. The second-order valence-corrected chi connectivity index (χ2v) is 5.59. The lowest BCUT2D eigenvalue weighted by atomic mass is 10.2. The van der Waals surface area contributed by atoms with Crippen LogP contribution in [0.3, 0.4) is 0 Å². The molecule has 0 unspecified atom stereocenters. The fourth-order valence-electron chi connectivity index (χ4n) is 2.15. The molecule has 4 heteroatoms. The molecule has 1 aliphatic rings. The van der Waals surface area contributed by atoms with Gasteiger partial charge in [0.2, 0.25) is 0 Å². The van der Waals surface area contributed by atoms with Crippen molar-refractivity contribution in [2.45, 2.75) is 32.6 Å². The first-order valence-electron chi connectivity index (χ1n) is 6.49. The molecule has 0 saturated carbocycles. The average molecular weight is 283 g/mol. The number of benzene rings is 1. The Kier molecular flexibility index (Phi) is 4.84. The second kappa shape index (κ2) is 6.39. The molecule has 1 heterocycles. The van der Waals surface area contributed by atoms with Crippen LogP contribution in [0.5, 0.6) is 0 Å². The molecule has 0 radical (unpaired) electrons. The lowest BCUT2D eigenvalue weighted by molar-refractivity contribution is 0.441. The monoisotopic (exact) mass is 282 g/mol. The topological polar surface area (TPSA) is 15.3 Å². The third kappa shape index (κ3) is 3.59. The van der Waals surface area contributed by atoms with Crippen LogP contribution >= 0.6 is 23.8 Å². The molecule has 1 aromatic carbocycles. The standard InChI is InChI=1S/C14H19ClN2S/c1-11-6-7-12(10-13(11)15)16-14(18)17-8-4-2-3-5-9-17/h6-7,10H,2-5,8-9H2,1H3,(H,16,18). The van der Waals surface area contributed by atoms with Gasteiger partial charge in [0.15, 0.2) is 5.11 Å². The number of rotatable bonds is 1. The van der Waals surface area contributed by atoms with E-state index in [1.807, 2.05) is 25.1 Å². The third-order valence-corrected chi connectivity index (χ3v) is 4.08. The van der Waals surface area contributed by atoms with E-state index in [2.05, 4.69) is 10.2 Å². The molecule has 0 aromatic heterocycles. The van der Waals surface area contributed by atoms with Crippen LogP contribution in [0.2, 0.25) is 5.02 Å². The van der Waals surface area contributed by atoms with Crippen LogP contribution in [0.25, 0.3) is 0 Å². The van der Waals surface area contributed by atoms with Crippen molar-refractivity contribution < 1.29 is 0 Å². The van der Waals surface area contributed by atoms with Gasteiger partial charge in [0, 0.05) is 23.8 Å². The van der Waals surface area contributed by atoms with Gasteiger partial charge in [-0.1, -0.05) is 30.5 Å². The molecule has 0 aliphatic carbocycles. The molecule has 0 bridgehead atoms. The van der Waals surface area contributed by atoms with Gasteiger partial charge in [0.1, 0.15) is 0 Å². The molecule has 18 heavy (non-hydrogen) atoms. The summed E-state index contributed by atoms with van der Waals surface area (Å²) in [4.78, 5) is 2.26. The number of hydrogen-bond donors (Lipinski definition) is 1. The average Bonchev–Trinajstić information content (AvgIpc) is 2.62. The number of hydrogen-bond acceptors (Lipinski definition) is 1. The summed E-state index contributed by atoms with van der Waals surface area (Å²) in [5.74, 6) is 0. The molecule has 1 saturated heterocycles. The molecule has 0 spiro atoms. The van der Waals surface area contributed by atoms with Gasteiger partial charge in [0.05, 0.1) is 0 Å². The van der Waals surface area contributed by atoms with Gasteiger partial charge in [-0.05, 0) is 49.7 Å². The quantitative estimate of drug-likeness (QED) is 0.777. The zero-order valence-electron chi connectivity index (χ0n) is 10.7. The molecule has 1 aromatic rings. The normalized spacial score (nSPS) is 16.2. The number of nitrogens with one attached hydrogen (secondary N) is 1. The highest BCUT2D eigenvalue weighted by Gasteiger charge is 2.12. The van der Waals surface area contributed by atoms with Crippen molar-refractivity contribution >= 4 is 34.6 Å². The summed E-state index contributed by atoms with van der Waals surface area (Å²) in [6, 6.07) is 5.96. The molecular formula is C14H19ClN2S. The number of anilines is 1. The Morgan fingerprint density at radius 1 is 1.22 bits per heavy atom. The predicted molar refractivity (Wildman–Crippen MR) is 82.5 cm³/mol. The maximum atomic E-state index is 6.11. The van der Waals surface area contributed by atoms with Gasteiger partial charge in [0.25, 0.3) is 0 Å². The maximum absolute atomic E-state index is 6.11. The van der Waals surface area contributed by atoms with Crippen molar-refractivity contribution in [1.82, 2.24) is 4.90 Å². The Morgan fingerprint density at radius 2 is 1.89 bits per heavy atom. The van der Waals surface area contributed by atoms with Gasteiger partial charge in [-0.3, -0.25) is 0 Å². The predicted octanol–water partition coefficient (Wildman–Crippen LogP) is 4.22. The minimum Gasteiger partial charge on any atom is -0.349 e. The van der Waals surface area contributed by atoms with E-state index in [0.29, 0.717) is 0 Å². The minimum atomic E-state index is 0.777. The molecule has 1 fully saturated rings. The van der Waals surface area contributed by atoms with E-state index in [1.165, 1.54) is 25.7 Å². The molecule has 1 N–H and O–H groups in total. The van der Waals surface area contributed by atoms with Crippen molar-refractivity contribution in [3.05, 3.63) is 28.8 Å². The largest absolute Gasteiger partial charge is 0.349 e. The van der Waals surface area contributed by atoms with E-state index < -0.39 is 0 Å². The fraction of sp³-hybridized carbons (Fsp3) is 0.500. The summed E-state index contributed by atoms with van der Waals surface area (Å²) in [6.07, 6.45) is 5.10. The van der Waals surface area contributed by atoms with E-state index >= 15 is 0 Å². The smallest absolute Gasteiger partial charge is 0.173 e. The Morgan fingerprint density at radius 3 is 2.50 bits per heavy atom. The van der Waals surface area contributed by atoms with Gasteiger partial charge in [-0.25, -0.2) is 0 Å². The Labute approximate surface area is 119 Å². The lowest BCUT2D eigenvalue weighted by Gasteiger charge is -2.24. The van der Waals surface area contributed by atoms with Crippen molar-refractivity contribution in [3.63, 3.8) is 0 Å². The van der Waals surface area contributed by atoms with E-state index in [9.17, 15) is 0 Å². The van der Waals surface area contributed by atoms with Crippen molar-refractivity contribution in [2.75, 3.05) is 18.4 Å². The summed E-state index contributed by atoms with van der Waals surface area (Å²) in [5, 5.41) is 4.87. The first-order chi connectivity index (χ1) is 8.66. The van der Waals surface area contributed by atoms with Crippen LogP contribution in [0.15, 0.2) is 18.2 Å². The van der Waals surface area contributed by atoms with Crippen LogP contribution < -0.4 is 5.32 Å². The van der Waals surface area contributed by atoms with Crippen LogP contribution in [0.4, 0.5) is 5.69 Å². The van der Waals surface area contributed by atoms with Crippen LogP contribution in [-0.4, -0.2) is 23.1 Å². The number of nitrogens with zero attached hydrogens (tertiary/aromatic N) is 1. The molecule has 2 nitrogen and oxygen atoms in total. The summed E-state index contributed by atoms with van der Waals surface area (Å²) in [7, 11) is 0. The summed E-state index contributed by atoms with van der Waals surface area (Å²) < 4.78 is 0. The van der Waals surface area contributed by atoms with E-state index in [0.717, 1.165) is 34.5 Å². The molecular weight excluding hydrogens is 264 g/mol. The van der Waals surface area contributed by atoms with Gasteiger partial charge in [-0.2, -0.15) is 0 Å². The Hall–Kier alpha value is -0.800. The zero-order chi connectivity index (χ0) is 13.0. The number of aryl methyl sites for hydroxylation is 1. The third-order valence-electron chi connectivity index (χ3n) is 3.32. The lowest BCUT2D eigenvalue weighted by Crippen LogP contribution is -2.35. The molecule has 2 rings (SSSR count). The second-order valence-electron chi connectivity index (χ2n) is 4.80. The van der Waals surface area contributed by atoms with E-state index in [-0.39, 0.29) is 0 Å². The number of halogens is 1. The van der Waals surface area contributed by atoms with Crippen LogP contribution in [0.1, 0.15) is 31.2 Å². The Bertz CT molecular complexity index is 426. The fourth-order valence-corrected chi connectivity index (χ4v) is 2.63. The van der Waals surface area contributed by atoms with Crippen molar-refractivity contribution in [3.8, 4) is 0 Å². The van der Waals surface area contributed by atoms with Crippen molar-refractivity contribution in [2.24, 2.45) is 0 Å². The van der Waals surface area contributed by atoms with Crippen LogP contribution in [-0.2, 0) is 0 Å². The van der Waals surface area contributed by atoms with Gasteiger partial charge >= 0.3 is 0 Å². The maximum Gasteiger partial charge on any atom is 0.173 e. The summed E-state index contributed by atoms with van der Waals surface area (Å²) in [5.41, 5.74) is 2.06. The van der Waals surface area contributed by atoms with Crippen molar-refractivity contribution in [1.29, 1.82) is 0 Å². The first kappa shape index (κ1) is 13.6. The zero-order valence-corrected chi connectivity index (χ0v) is 12.3. The highest BCUT2D eigenvalue weighted by Crippen LogP contribution is 2.20. The van der Waals surface area contributed by atoms with E-state index in [1.54, 1.807) is 0 Å². The number of likely N-dealkylation sites (tertiary alicyclic amines) is 1. The highest BCUT2D eigenvalue weighted by molar-refractivity contribution is 7.80. The molecule has 0 atom stereocenters. The van der Waals surface area contributed by atoms with Crippen LogP contribution in [0, 0.1) is 6.92 Å². The summed E-state index contributed by atoms with van der Waals surface area (Å²) in [6.45, 7) is 4.12.